The molecule has 366 valence electrons. The van der Waals surface area contributed by atoms with Gasteiger partial charge in [0.25, 0.3) is 0 Å². The number of anilines is 6. The van der Waals surface area contributed by atoms with Gasteiger partial charge in [-0.2, -0.15) is 0 Å². The Morgan fingerprint density at radius 3 is 0.718 bits per heavy atom. The van der Waals surface area contributed by atoms with Gasteiger partial charge < -0.3 is 18.6 Å². The van der Waals surface area contributed by atoms with Crippen molar-refractivity contribution in [3.8, 4) is 44.5 Å². The number of furan rings is 2. The molecule has 0 fully saturated rings. The predicted molar refractivity (Wildman–Crippen MR) is 327 cm³/mol. The van der Waals surface area contributed by atoms with Crippen molar-refractivity contribution in [1.29, 1.82) is 0 Å². The van der Waals surface area contributed by atoms with Gasteiger partial charge in [-0.1, -0.05) is 218 Å². The number of benzene rings is 13. The smallest absolute Gasteiger partial charge is 0.138 e. The molecule has 2 heterocycles. The van der Waals surface area contributed by atoms with Crippen molar-refractivity contribution < 1.29 is 8.83 Å². The lowest BCUT2D eigenvalue weighted by molar-refractivity contribution is 0.663. The van der Waals surface area contributed by atoms with Crippen molar-refractivity contribution >= 4 is 99.5 Å². The van der Waals surface area contributed by atoms with E-state index in [0.29, 0.717) is 0 Å². The fourth-order valence-electron chi connectivity index (χ4n) is 11.8. The first kappa shape index (κ1) is 45.0. The van der Waals surface area contributed by atoms with Gasteiger partial charge in [-0.25, -0.2) is 0 Å². The normalized spacial score (nSPS) is 11.6. The summed E-state index contributed by atoms with van der Waals surface area (Å²) in [5.41, 5.74) is 18.8. The molecule has 0 spiro atoms. The van der Waals surface area contributed by atoms with Gasteiger partial charge in [-0.15, -0.1) is 0 Å². The first-order chi connectivity index (χ1) is 38.7. The Kier molecular flexibility index (Phi) is 10.8. The second-order valence-corrected chi connectivity index (χ2v) is 20.0. The van der Waals surface area contributed by atoms with Crippen LogP contribution in [0, 0.1) is 0 Å². The largest absolute Gasteiger partial charge is 0.456 e. The summed E-state index contributed by atoms with van der Waals surface area (Å²) in [6.07, 6.45) is 0. The van der Waals surface area contributed by atoms with E-state index in [4.69, 9.17) is 8.83 Å². The molecule has 0 aliphatic carbocycles. The lowest BCUT2D eigenvalue weighted by Crippen LogP contribution is -2.10. The predicted octanol–water partition coefficient (Wildman–Crippen LogP) is 21.4. The quantitative estimate of drug-likeness (QED) is 0.137. The van der Waals surface area contributed by atoms with Crippen molar-refractivity contribution in [3.05, 3.63) is 291 Å². The lowest BCUT2D eigenvalue weighted by atomic mass is 9.96. The van der Waals surface area contributed by atoms with Crippen LogP contribution in [0.4, 0.5) is 34.1 Å². The van der Waals surface area contributed by atoms with Crippen LogP contribution in [0.1, 0.15) is 0 Å². The Morgan fingerprint density at radius 2 is 0.436 bits per heavy atom. The summed E-state index contributed by atoms with van der Waals surface area (Å²) >= 11 is 0. The number of rotatable bonds is 10. The van der Waals surface area contributed by atoms with E-state index in [2.05, 4.69) is 301 Å². The molecule has 0 unspecified atom stereocenters. The summed E-state index contributed by atoms with van der Waals surface area (Å²) in [7, 11) is 0. The third-order valence-corrected chi connectivity index (χ3v) is 15.5. The van der Waals surface area contributed by atoms with Crippen LogP contribution in [0.25, 0.3) is 110 Å². The molecule has 0 aliphatic heterocycles. The molecule has 0 N–H and O–H groups in total. The Balaban J connectivity index is 0.926. The SMILES string of the molecule is c1ccc(-c2ccc(N(c3ccc(-c4ccccc4)cc3)c3cc4oc5ccc6oc7cc(N(c8ccc(-c9ccccc9)cc8)c8ccc(-c9ccccc9)cc8)c8ccccc8c7c6c5c4c4ccccc34)cc2)cc1. The minimum atomic E-state index is 0.803. The highest BCUT2D eigenvalue weighted by Gasteiger charge is 2.26. The highest BCUT2D eigenvalue weighted by molar-refractivity contribution is 6.35. The number of fused-ring (bicyclic) bond motifs is 11. The molecular formula is C74H48N2O2. The highest BCUT2D eigenvalue weighted by atomic mass is 16.3. The molecule has 0 amide bonds. The van der Waals surface area contributed by atoms with Gasteiger partial charge >= 0.3 is 0 Å². The standard InChI is InChI=1S/C74H48N2O2/c1-5-17-49(18-6-1)53-29-37-57(38-30-53)75(58-39-31-54(32-40-58)50-19-7-2-8-20-50)65-47-69-71(63-27-15-13-25-61(63)65)73-67(77-69)45-46-68-74(73)72-64-28-16-14-26-62(64)66(48-70(72)78-68)76(59-41-33-55(34-42-59)51-21-9-3-10-22-51)60-43-35-56(36-44-60)52-23-11-4-12-24-52/h1-48H. The average molecular weight is 997 g/mol. The number of hydrogen-bond acceptors (Lipinski definition) is 4. The summed E-state index contributed by atoms with van der Waals surface area (Å²) in [6.45, 7) is 0. The molecule has 2 aromatic heterocycles. The average Bonchev–Trinajstić information content (AvgIpc) is 4.23. The molecule has 4 heteroatoms. The maximum atomic E-state index is 7.10. The van der Waals surface area contributed by atoms with Crippen LogP contribution in [0.2, 0.25) is 0 Å². The highest BCUT2D eigenvalue weighted by Crippen LogP contribution is 2.51. The van der Waals surface area contributed by atoms with Crippen LogP contribution in [0.15, 0.2) is 300 Å². The van der Waals surface area contributed by atoms with Gasteiger partial charge in [0.05, 0.1) is 11.4 Å². The first-order valence-corrected chi connectivity index (χ1v) is 26.6. The zero-order valence-corrected chi connectivity index (χ0v) is 42.4. The Bertz CT molecular complexity index is 4200. The van der Waals surface area contributed by atoms with E-state index in [1.807, 2.05) is 0 Å². The van der Waals surface area contributed by atoms with Crippen LogP contribution in [0.5, 0.6) is 0 Å². The van der Waals surface area contributed by atoms with Gasteiger partial charge in [-0.05, 0) is 116 Å². The van der Waals surface area contributed by atoms with Crippen molar-refractivity contribution in [1.82, 2.24) is 0 Å². The molecular weight excluding hydrogens is 949 g/mol. The molecule has 0 atom stereocenters. The maximum Gasteiger partial charge on any atom is 0.138 e. The van der Waals surface area contributed by atoms with E-state index >= 15 is 0 Å². The van der Waals surface area contributed by atoms with Crippen LogP contribution in [-0.2, 0) is 0 Å². The van der Waals surface area contributed by atoms with Crippen LogP contribution < -0.4 is 9.80 Å². The molecule has 15 aromatic rings. The molecule has 78 heavy (non-hydrogen) atoms. The van der Waals surface area contributed by atoms with E-state index < -0.39 is 0 Å². The van der Waals surface area contributed by atoms with E-state index in [1.165, 1.54) is 22.3 Å². The molecule has 0 saturated heterocycles. The van der Waals surface area contributed by atoms with Crippen molar-refractivity contribution in [3.63, 3.8) is 0 Å². The van der Waals surface area contributed by atoms with E-state index in [0.717, 1.165) is 122 Å². The van der Waals surface area contributed by atoms with Crippen LogP contribution in [-0.4, -0.2) is 0 Å². The van der Waals surface area contributed by atoms with E-state index in [9.17, 15) is 0 Å². The molecule has 13 aromatic carbocycles. The van der Waals surface area contributed by atoms with E-state index in [-0.39, 0.29) is 0 Å². The second kappa shape index (κ2) is 18.7. The molecule has 0 aliphatic rings. The summed E-state index contributed by atoms with van der Waals surface area (Å²) in [4.78, 5) is 4.74. The molecule has 0 radical (unpaired) electrons. The summed E-state index contributed by atoms with van der Waals surface area (Å²) in [5.74, 6) is 0. The topological polar surface area (TPSA) is 32.8 Å². The first-order valence-electron chi connectivity index (χ1n) is 26.6. The minimum absolute atomic E-state index is 0.803. The lowest BCUT2D eigenvalue weighted by Gasteiger charge is -2.27. The van der Waals surface area contributed by atoms with E-state index in [1.54, 1.807) is 0 Å². The third-order valence-electron chi connectivity index (χ3n) is 15.5. The number of nitrogens with zero attached hydrogens (tertiary/aromatic N) is 2. The summed E-state index contributed by atoms with van der Waals surface area (Å²) < 4.78 is 14.2. The fraction of sp³-hybridized carbons (Fsp3) is 0. The molecule has 0 saturated carbocycles. The monoisotopic (exact) mass is 996 g/mol. The van der Waals surface area contributed by atoms with Gasteiger partial charge in [0, 0.05) is 67.2 Å². The third kappa shape index (κ3) is 7.69. The van der Waals surface area contributed by atoms with Gasteiger partial charge in [0.1, 0.15) is 22.3 Å². The zero-order chi connectivity index (χ0) is 51.5. The van der Waals surface area contributed by atoms with Crippen molar-refractivity contribution in [2.24, 2.45) is 0 Å². The Hall–Kier alpha value is -10.4. The second-order valence-electron chi connectivity index (χ2n) is 20.0. The maximum absolute atomic E-state index is 7.10. The van der Waals surface area contributed by atoms with Gasteiger partial charge in [0.15, 0.2) is 0 Å². The van der Waals surface area contributed by atoms with Crippen molar-refractivity contribution in [2.75, 3.05) is 9.80 Å². The summed E-state index contributed by atoms with van der Waals surface area (Å²) in [5, 5.41) is 8.61. The molecule has 4 nitrogen and oxygen atoms in total. The van der Waals surface area contributed by atoms with Gasteiger partial charge in [-0.3, -0.25) is 0 Å². The minimum Gasteiger partial charge on any atom is -0.456 e. The fourth-order valence-corrected chi connectivity index (χ4v) is 11.8. The number of hydrogen-bond donors (Lipinski definition) is 0. The molecule has 0 bridgehead atoms. The van der Waals surface area contributed by atoms with Crippen LogP contribution in [0.3, 0.4) is 0 Å². The Morgan fingerprint density at radius 1 is 0.192 bits per heavy atom. The van der Waals surface area contributed by atoms with Crippen molar-refractivity contribution in [2.45, 2.75) is 0 Å². The zero-order valence-electron chi connectivity index (χ0n) is 42.4. The summed E-state index contributed by atoms with van der Waals surface area (Å²) in [6, 6.07) is 104. The molecule has 15 rings (SSSR count). The van der Waals surface area contributed by atoms with Gasteiger partial charge in [0.2, 0.25) is 0 Å². The van der Waals surface area contributed by atoms with Crippen LogP contribution >= 0.6 is 0 Å². The Labute approximate surface area is 451 Å².